The van der Waals surface area contributed by atoms with Crippen molar-refractivity contribution in [2.75, 3.05) is 7.11 Å². The minimum absolute atomic E-state index is 0.227. The summed E-state index contributed by atoms with van der Waals surface area (Å²) < 4.78 is 4.96. The Morgan fingerprint density at radius 3 is 2.47 bits per heavy atom. The second-order valence-electron chi connectivity index (χ2n) is 4.83. The highest BCUT2D eigenvalue weighted by molar-refractivity contribution is 5.78. The minimum atomic E-state index is -0.437. The molecule has 0 aliphatic heterocycles. The SMILES string of the molecule is COC(CCC/C=C/C(C)(C)C)C(N)=O. The van der Waals surface area contributed by atoms with E-state index in [0.29, 0.717) is 6.42 Å². The van der Waals surface area contributed by atoms with Crippen LogP contribution in [0.25, 0.3) is 0 Å². The summed E-state index contributed by atoms with van der Waals surface area (Å²) in [5.41, 5.74) is 5.38. The predicted molar refractivity (Wildman–Crippen MR) is 62.4 cm³/mol. The number of allylic oxidation sites excluding steroid dienone is 2. The lowest BCUT2D eigenvalue weighted by Crippen LogP contribution is -2.29. The van der Waals surface area contributed by atoms with Crippen LogP contribution in [0.15, 0.2) is 12.2 Å². The number of amides is 1. The van der Waals surface area contributed by atoms with Crippen LogP contribution in [-0.2, 0) is 9.53 Å². The Morgan fingerprint density at radius 1 is 1.47 bits per heavy atom. The molecule has 0 rings (SSSR count). The van der Waals surface area contributed by atoms with E-state index < -0.39 is 6.10 Å². The third-order valence-corrected chi connectivity index (χ3v) is 2.06. The summed E-state index contributed by atoms with van der Waals surface area (Å²) in [7, 11) is 1.51. The first-order valence-electron chi connectivity index (χ1n) is 5.36. The van der Waals surface area contributed by atoms with Gasteiger partial charge in [-0.1, -0.05) is 32.9 Å². The van der Waals surface area contributed by atoms with Gasteiger partial charge in [0.25, 0.3) is 0 Å². The smallest absolute Gasteiger partial charge is 0.246 e. The largest absolute Gasteiger partial charge is 0.372 e. The first-order chi connectivity index (χ1) is 6.87. The van der Waals surface area contributed by atoms with E-state index in [1.54, 1.807) is 0 Å². The minimum Gasteiger partial charge on any atom is -0.372 e. The average Bonchev–Trinajstić information content (AvgIpc) is 2.08. The van der Waals surface area contributed by atoms with E-state index in [-0.39, 0.29) is 11.3 Å². The van der Waals surface area contributed by atoms with Gasteiger partial charge in [0.2, 0.25) is 5.91 Å². The number of carbonyl (C=O) groups excluding carboxylic acids is 1. The van der Waals surface area contributed by atoms with Gasteiger partial charge in [-0.3, -0.25) is 4.79 Å². The standard InChI is InChI=1S/C12H23NO2/c1-12(2,3)9-7-5-6-8-10(15-4)11(13)14/h7,9-10H,5-6,8H2,1-4H3,(H2,13,14)/b9-7+. The Bertz CT molecular complexity index is 216. The molecule has 0 aliphatic rings. The van der Waals surface area contributed by atoms with E-state index in [9.17, 15) is 4.79 Å². The molecule has 0 aromatic carbocycles. The van der Waals surface area contributed by atoms with Crippen LogP contribution in [-0.4, -0.2) is 19.1 Å². The molecule has 0 bridgehead atoms. The van der Waals surface area contributed by atoms with E-state index in [2.05, 4.69) is 32.9 Å². The van der Waals surface area contributed by atoms with Crippen molar-refractivity contribution in [2.24, 2.45) is 11.1 Å². The number of unbranched alkanes of at least 4 members (excludes halogenated alkanes) is 1. The fraction of sp³-hybridized carbons (Fsp3) is 0.750. The fourth-order valence-electron chi connectivity index (χ4n) is 1.23. The van der Waals surface area contributed by atoms with Gasteiger partial charge in [-0.05, 0) is 24.7 Å². The van der Waals surface area contributed by atoms with Gasteiger partial charge in [0.1, 0.15) is 6.10 Å². The molecular formula is C12H23NO2. The van der Waals surface area contributed by atoms with E-state index in [1.165, 1.54) is 7.11 Å². The molecule has 88 valence electrons. The van der Waals surface area contributed by atoms with Crippen LogP contribution in [0, 0.1) is 5.41 Å². The Balaban J connectivity index is 3.71. The molecule has 0 aliphatic carbocycles. The Kier molecular flexibility index (Phi) is 6.25. The Labute approximate surface area is 92.7 Å². The lowest BCUT2D eigenvalue weighted by atomic mass is 9.95. The lowest BCUT2D eigenvalue weighted by Gasteiger charge is -2.12. The molecule has 0 saturated carbocycles. The summed E-state index contributed by atoms with van der Waals surface area (Å²) in [6, 6.07) is 0. The topological polar surface area (TPSA) is 52.3 Å². The van der Waals surface area contributed by atoms with Gasteiger partial charge in [0.15, 0.2) is 0 Å². The van der Waals surface area contributed by atoms with E-state index in [4.69, 9.17) is 10.5 Å². The Hall–Kier alpha value is -0.830. The monoisotopic (exact) mass is 213 g/mol. The molecule has 0 saturated heterocycles. The summed E-state index contributed by atoms with van der Waals surface area (Å²) in [4.78, 5) is 10.8. The summed E-state index contributed by atoms with van der Waals surface area (Å²) in [5.74, 6) is -0.377. The van der Waals surface area contributed by atoms with Gasteiger partial charge in [0.05, 0.1) is 0 Å². The summed E-state index contributed by atoms with van der Waals surface area (Å²) in [5, 5.41) is 0. The molecule has 0 aromatic rings. The van der Waals surface area contributed by atoms with Crippen LogP contribution < -0.4 is 5.73 Å². The number of carbonyl (C=O) groups is 1. The zero-order chi connectivity index (χ0) is 11.9. The van der Waals surface area contributed by atoms with Crippen LogP contribution in [0.4, 0.5) is 0 Å². The van der Waals surface area contributed by atoms with E-state index in [0.717, 1.165) is 12.8 Å². The van der Waals surface area contributed by atoms with Crippen molar-refractivity contribution in [3.05, 3.63) is 12.2 Å². The summed E-state index contributed by atoms with van der Waals surface area (Å²) in [6.07, 6.45) is 6.47. The van der Waals surface area contributed by atoms with Crippen molar-refractivity contribution in [3.8, 4) is 0 Å². The Morgan fingerprint density at radius 2 is 2.07 bits per heavy atom. The maximum absolute atomic E-state index is 10.8. The van der Waals surface area contributed by atoms with Gasteiger partial charge in [-0.2, -0.15) is 0 Å². The first kappa shape index (κ1) is 14.2. The van der Waals surface area contributed by atoms with Crippen LogP contribution in [0.1, 0.15) is 40.0 Å². The molecule has 0 spiro atoms. The first-order valence-corrected chi connectivity index (χ1v) is 5.36. The highest BCUT2D eigenvalue weighted by atomic mass is 16.5. The molecule has 1 atom stereocenters. The van der Waals surface area contributed by atoms with Crippen LogP contribution in [0.3, 0.4) is 0 Å². The van der Waals surface area contributed by atoms with Gasteiger partial charge < -0.3 is 10.5 Å². The molecule has 0 heterocycles. The van der Waals surface area contributed by atoms with Gasteiger partial charge >= 0.3 is 0 Å². The highest BCUT2D eigenvalue weighted by Crippen LogP contribution is 2.15. The molecule has 3 heteroatoms. The molecule has 0 radical (unpaired) electrons. The number of primary amides is 1. The third kappa shape index (κ3) is 8.18. The summed E-state index contributed by atoms with van der Waals surface area (Å²) in [6.45, 7) is 6.47. The van der Waals surface area contributed by atoms with Crippen molar-refractivity contribution in [1.29, 1.82) is 0 Å². The average molecular weight is 213 g/mol. The number of rotatable bonds is 6. The number of hydrogen-bond acceptors (Lipinski definition) is 2. The number of ether oxygens (including phenoxy) is 1. The molecule has 1 amide bonds. The molecule has 15 heavy (non-hydrogen) atoms. The van der Waals surface area contributed by atoms with E-state index in [1.807, 2.05) is 0 Å². The normalized spacial score (nSPS) is 14.4. The third-order valence-electron chi connectivity index (χ3n) is 2.06. The fourth-order valence-corrected chi connectivity index (χ4v) is 1.23. The van der Waals surface area contributed by atoms with Crippen molar-refractivity contribution in [1.82, 2.24) is 0 Å². The molecule has 0 fully saturated rings. The number of hydrogen-bond donors (Lipinski definition) is 1. The molecule has 0 aromatic heterocycles. The van der Waals surface area contributed by atoms with Crippen LogP contribution in [0.2, 0.25) is 0 Å². The van der Waals surface area contributed by atoms with Crippen molar-refractivity contribution >= 4 is 5.91 Å². The van der Waals surface area contributed by atoms with Gasteiger partial charge in [-0.25, -0.2) is 0 Å². The van der Waals surface area contributed by atoms with Gasteiger partial charge in [-0.15, -0.1) is 0 Å². The van der Waals surface area contributed by atoms with Crippen LogP contribution >= 0.6 is 0 Å². The van der Waals surface area contributed by atoms with Crippen molar-refractivity contribution in [3.63, 3.8) is 0 Å². The number of methoxy groups -OCH3 is 1. The molecular weight excluding hydrogens is 190 g/mol. The second kappa shape index (κ2) is 6.62. The maximum atomic E-state index is 10.8. The maximum Gasteiger partial charge on any atom is 0.246 e. The zero-order valence-corrected chi connectivity index (χ0v) is 10.2. The quantitative estimate of drug-likeness (QED) is 0.543. The lowest BCUT2D eigenvalue weighted by molar-refractivity contribution is -0.128. The molecule has 2 N–H and O–H groups in total. The van der Waals surface area contributed by atoms with Crippen molar-refractivity contribution < 1.29 is 9.53 Å². The van der Waals surface area contributed by atoms with Crippen molar-refractivity contribution in [2.45, 2.75) is 46.1 Å². The predicted octanol–water partition coefficient (Wildman–Crippen LogP) is 2.26. The number of nitrogens with two attached hydrogens (primary N) is 1. The molecule has 1 unspecified atom stereocenters. The second-order valence-corrected chi connectivity index (χ2v) is 4.83. The van der Waals surface area contributed by atoms with Gasteiger partial charge in [0, 0.05) is 7.11 Å². The molecule has 3 nitrogen and oxygen atoms in total. The summed E-state index contributed by atoms with van der Waals surface area (Å²) >= 11 is 0. The highest BCUT2D eigenvalue weighted by Gasteiger charge is 2.12. The van der Waals surface area contributed by atoms with E-state index >= 15 is 0 Å². The zero-order valence-electron chi connectivity index (χ0n) is 10.2. The van der Waals surface area contributed by atoms with Crippen LogP contribution in [0.5, 0.6) is 0 Å².